The zero-order valence-corrected chi connectivity index (χ0v) is 11.2. The van der Waals surface area contributed by atoms with Crippen LogP contribution in [0.4, 0.5) is 14.5 Å². The van der Waals surface area contributed by atoms with Crippen LogP contribution in [-0.2, 0) is 16.4 Å². The summed E-state index contributed by atoms with van der Waals surface area (Å²) < 4.78 is 53.1. The van der Waals surface area contributed by atoms with Gasteiger partial charge in [-0.2, -0.15) is 13.8 Å². The van der Waals surface area contributed by atoms with E-state index in [-0.39, 0.29) is 18.1 Å². The molecule has 0 spiro atoms. The maximum Gasteiger partial charge on any atom is 0.341 e. The number of alkyl halides is 2. The normalized spacial score (nSPS) is 11.8. The van der Waals surface area contributed by atoms with Crippen molar-refractivity contribution in [1.29, 1.82) is 0 Å². The summed E-state index contributed by atoms with van der Waals surface area (Å²) in [6, 6.07) is 5.41. The number of halogens is 2. The fourth-order valence-electron chi connectivity index (χ4n) is 1.54. The van der Waals surface area contributed by atoms with Gasteiger partial charge in [-0.1, -0.05) is 17.3 Å². The van der Waals surface area contributed by atoms with E-state index < -0.39 is 20.5 Å². The van der Waals surface area contributed by atoms with Gasteiger partial charge in [-0.05, 0) is 19.1 Å². The lowest BCUT2D eigenvalue weighted by Crippen LogP contribution is -2.14. The molecule has 0 atom stereocenters. The maximum atomic E-state index is 12.6. The second kappa shape index (κ2) is 5.53. The fourth-order valence-corrected chi connectivity index (χ4v) is 2.45. The third kappa shape index (κ3) is 2.93. The molecule has 1 aromatic carbocycles. The molecule has 1 heterocycles. The molecule has 108 valence electrons. The summed E-state index contributed by atoms with van der Waals surface area (Å²) in [6.07, 6.45) is 0. The molecule has 1 N–H and O–H groups in total. The summed E-state index contributed by atoms with van der Waals surface area (Å²) in [6.45, 7) is 1.67. The van der Waals surface area contributed by atoms with E-state index >= 15 is 0 Å². The highest BCUT2D eigenvalue weighted by molar-refractivity contribution is 7.91. The average Bonchev–Trinajstić information content (AvgIpc) is 2.82. The Labute approximate surface area is 113 Å². The molecule has 6 nitrogen and oxygen atoms in total. The number of aromatic nitrogens is 2. The van der Waals surface area contributed by atoms with E-state index in [0.717, 1.165) is 6.07 Å². The van der Waals surface area contributed by atoms with Gasteiger partial charge in [0.1, 0.15) is 0 Å². The largest absolute Gasteiger partial charge is 0.375 e. The molecule has 0 aliphatic carbocycles. The predicted octanol–water partition coefficient (Wildman–Crippen LogP) is 1.99. The Kier molecular flexibility index (Phi) is 3.98. The molecule has 0 aliphatic rings. The summed E-state index contributed by atoms with van der Waals surface area (Å²) in [5, 5.41) is 6.26. The number of hydrogen-bond donors (Lipinski definition) is 1. The number of rotatable bonds is 5. The Hall–Kier alpha value is -2.03. The molecular formula is C11H11F2N3O3S. The molecule has 20 heavy (non-hydrogen) atoms. The van der Waals surface area contributed by atoms with Gasteiger partial charge >= 0.3 is 5.76 Å². The van der Waals surface area contributed by atoms with Crippen molar-refractivity contribution in [3.05, 3.63) is 36.0 Å². The quantitative estimate of drug-likeness (QED) is 0.909. The average molecular weight is 303 g/mol. The number of hydrogen-bond acceptors (Lipinski definition) is 6. The molecule has 1 aromatic heterocycles. The number of para-hydroxylation sites is 1. The topological polar surface area (TPSA) is 85.1 Å². The van der Waals surface area contributed by atoms with Crippen LogP contribution in [0.25, 0.3) is 0 Å². The van der Waals surface area contributed by atoms with E-state index in [0.29, 0.717) is 5.82 Å². The second-order valence-corrected chi connectivity index (χ2v) is 5.78. The first-order valence-electron chi connectivity index (χ1n) is 5.55. The van der Waals surface area contributed by atoms with Crippen LogP contribution >= 0.6 is 0 Å². The number of anilines is 1. The van der Waals surface area contributed by atoms with Crippen LogP contribution in [-0.4, -0.2) is 24.3 Å². The summed E-state index contributed by atoms with van der Waals surface area (Å²) in [4.78, 5) is 3.45. The van der Waals surface area contributed by atoms with E-state index in [1.54, 1.807) is 6.92 Å². The van der Waals surface area contributed by atoms with Gasteiger partial charge in [0.15, 0.2) is 5.82 Å². The molecule has 9 heteroatoms. The zero-order chi connectivity index (χ0) is 14.8. The van der Waals surface area contributed by atoms with Gasteiger partial charge in [-0.3, -0.25) is 0 Å². The lowest BCUT2D eigenvalue weighted by molar-refractivity contribution is 0.235. The fraction of sp³-hybridized carbons (Fsp3) is 0.273. The zero-order valence-electron chi connectivity index (χ0n) is 10.4. The van der Waals surface area contributed by atoms with Crippen LogP contribution in [0.5, 0.6) is 0 Å². The lowest BCUT2D eigenvalue weighted by atomic mass is 10.3. The highest BCUT2D eigenvalue weighted by Crippen LogP contribution is 2.26. The number of sulfone groups is 1. The summed E-state index contributed by atoms with van der Waals surface area (Å²) >= 11 is 0. The van der Waals surface area contributed by atoms with Gasteiger partial charge in [-0.15, -0.1) is 0 Å². The minimum atomic E-state index is -4.67. The minimum absolute atomic E-state index is 0.0383. The van der Waals surface area contributed by atoms with Crippen molar-refractivity contribution in [2.75, 3.05) is 5.32 Å². The molecule has 0 bridgehead atoms. The number of nitrogens with zero attached hydrogens (tertiary/aromatic N) is 2. The van der Waals surface area contributed by atoms with Crippen LogP contribution < -0.4 is 5.32 Å². The molecule has 0 saturated heterocycles. The second-order valence-electron chi connectivity index (χ2n) is 3.89. The Balaban J connectivity index is 2.25. The number of nitrogens with one attached hydrogen (secondary N) is 1. The van der Waals surface area contributed by atoms with Crippen LogP contribution in [0, 0.1) is 6.92 Å². The van der Waals surface area contributed by atoms with Crippen molar-refractivity contribution < 1.29 is 21.7 Å². The third-order valence-corrected chi connectivity index (χ3v) is 3.87. The SMILES string of the molecule is Cc1noc(CNc2ccccc2S(=O)(=O)C(F)F)n1. The molecule has 2 rings (SSSR count). The van der Waals surface area contributed by atoms with Gasteiger partial charge in [0.25, 0.3) is 0 Å². The highest BCUT2D eigenvalue weighted by Gasteiger charge is 2.28. The summed E-state index contributed by atoms with van der Waals surface area (Å²) in [7, 11) is -4.67. The van der Waals surface area contributed by atoms with Crippen LogP contribution in [0.15, 0.2) is 33.7 Å². The van der Waals surface area contributed by atoms with Crippen molar-refractivity contribution in [3.8, 4) is 0 Å². The molecular weight excluding hydrogens is 292 g/mol. The standard InChI is InChI=1S/C11H11F2N3O3S/c1-7-15-10(19-16-7)6-14-8-4-2-3-5-9(8)20(17,18)11(12)13/h2-5,11,14H,6H2,1H3. The molecule has 0 radical (unpaired) electrons. The van der Waals surface area contributed by atoms with Crippen LogP contribution in [0.1, 0.15) is 11.7 Å². The third-order valence-electron chi connectivity index (χ3n) is 2.43. The number of aryl methyl sites for hydroxylation is 1. The van der Waals surface area contributed by atoms with E-state index in [1.807, 2.05) is 0 Å². The van der Waals surface area contributed by atoms with Gasteiger partial charge < -0.3 is 9.84 Å². The smallest absolute Gasteiger partial charge is 0.341 e. The van der Waals surface area contributed by atoms with Gasteiger partial charge in [0.05, 0.1) is 17.1 Å². The maximum absolute atomic E-state index is 12.6. The van der Waals surface area contributed by atoms with Crippen LogP contribution in [0.2, 0.25) is 0 Å². The molecule has 0 fully saturated rings. The Morgan fingerprint density at radius 2 is 2.05 bits per heavy atom. The monoisotopic (exact) mass is 303 g/mol. The van der Waals surface area contributed by atoms with E-state index in [2.05, 4.69) is 15.5 Å². The first-order valence-corrected chi connectivity index (χ1v) is 7.10. The Morgan fingerprint density at radius 1 is 1.35 bits per heavy atom. The lowest BCUT2D eigenvalue weighted by Gasteiger charge is -2.10. The molecule has 0 amide bonds. The Morgan fingerprint density at radius 3 is 2.65 bits per heavy atom. The van der Waals surface area contributed by atoms with Crippen molar-refractivity contribution in [2.45, 2.75) is 24.1 Å². The molecule has 0 aliphatic heterocycles. The van der Waals surface area contributed by atoms with E-state index in [9.17, 15) is 17.2 Å². The first kappa shape index (κ1) is 14.4. The summed E-state index contributed by atoms with van der Waals surface area (Å²) in [5.74, 6) is -2.82. The van der Waals surface area contributed by atoms with Crippen molar-refractivity contribution in [1.82, 2.24) is 10.1 Å². The molecule has 2 aromatic rings. The van der Waals surface area contributed by atoms with Crippen molar-refractivity contribution >= 4 is 15.5 Å². The van der Waals surface area contributed by atoms with Crippen LogP contribution in [0.3, 0.4) is 0 Å². The first-order chi connectivity index (χ1) is 9.41. The number of benzene rings is 1. The highest BCUT2D eigenvalue weighted by atomic mass is 32.2. The van der Waals surface area contributed by atoms with Crippen molar-refractivity contribution in [2.24, 2.45) is 0 Å². The molecule has 0 unspecified atom stereocenters. The summed E-state index contributed by atoms with van der Waals surface area (Å²) in [5.41, 5.74) is 0.0589. The van der Waals surface area contributed by atoms with Gasteiger partial charge in [-0.25, -0.2) is 8.42 Å². The Bertz CT molecular complexity index is 700. The van der Waals surface area contributed by atoms with Gasteiger partial charge in [0, 0.05) is 0 Å². The van der Waals surface area contributed by atoms with Crippen molar-refractivity contribution in [3.63, 3.8) is 0 Å². The molecule has 0 saturated carbocycles. The predicted molar refractivity (Wildman–Crippen MR) is 66.0 cm³/mol. The van der Waals surface area contributed by atoms with Gasteiger partial charge in [0.2, 0.25) is 15.7 Å². The van der Waals surface area contributed by atoms with E-state index in [4.69, 9.17) is 4.52 Å². The van der Waals surface area contributed by atoms with E-state index in [1.165, 1.54) is 18.2 Å². The minimum Gasteiger partial charge on any atom is -0.375 e.